The second kappa shape index (κ2) is 10.5. The minimum absolute atomic E-state index is 0.158. The lowest BCUT2D eigenvalue weighted by atomic mass is 9.70. The Morgan fingerprint density at radius 3 is 2.05 bits per heavy atom. The van der Waals surface area contributed by atoms with Gasteiger partial charge in [-0.25, -0.2) is 0 Å². The monoisotopic (exact) mass is 570 g/mol. The highest BCUT2D eigenvalue weighted by molar-refractivity contribution is 6.30. The van der Waals surface area contributed by atoms with E-state index in [4.69, 9.17) is 16.3 Å². The van der Waals surface area contributed by atoms with Crippen LogP contribution in [0.1, 0.15) is 33.9 Å². The largest absolute Gasteiger partial charge is 0.478 e. The van der Waals surface area contributed by atoms with Crippen LogP contribution in [-0.4, -0.2) is 17.9 Å². The number of amides is 2. The third-order valence-electron chi connectivity index (χ3n) is 8.22. The van der Waals surface area contributed by atoms with Crippen molar-refractivity contribution in [3.63, 3.8) is 0 Å². The number of hydrogen-bond acceptors (Lipinski definition) is 3. The molecule has 1 fully saturated rings. The number of carbonyl (C=O) groups excluding carboxylic acids is 2. The fourth-order valence-electron chi connectivity index (χ4n) is 6.37. The Labute approximate surface area is 249 Å². The Balaban J connectivity index is 1.49. The van der Waals surface area contributed by atoms with Crippen LogP contribution in [0.2, 0.25) is 5.02 Å². The van der Waals surface area contributed by atoms with Gasteiger partial charge >= 0.3 is 0 Å². The molecule has 0 N–H and O–H groups in total. The molecule has 5 nitrogen and oxygen atoms in total. The first-order chi connectivity index (χ1) is 20.6. The van der Waals surface area contributed by atoms with E-state index in [1.807, 2.05) is 149 Å². The van der Waals surface area contributed by atoms with Gasteiger partial charge in [-0.2, -0.15) is 0 Å². The maximum Gasteiger partial charge on any atom is 0.271 e. The van der Waals surface area contributed by atoms with Crippen molar-refractivity contribution in [2.75, 3.05) is 9.80 Å². The molecule has 6 heteroatoms. The number of carbonyl (C=O) groups is 2. The van der Waals surface area contributed by atoms with Gasteiger partial charge in [-0.05, 0) is 59.7 Å². The number of nitrogens with zero attached hydrogens (tertiary/aromatic N) is 2. The SMILES string of the molecule is O=C(c1ccccc1)N1c2ccccc2N2C(=O)[C@@H](Oc3ccccc3)[C@]2(c2ccccc2)C[C@@H]1c1cccc(Cl)c1. The number of halogens is 1. The van der Waals surface area contributed by atoms with E-state index in [9.17, 15) is 9.59 Å². The van der Waals surface area contributed by atoms with Crippen molar-refractivity contribution in [2.45, 2.75) is 24.1 Å². The van der Waals surface area contributed by atoms with Crippen LogP contribution in [0, 0.1) is 0 Å². The number of fused-ring (bicyclic) bond motifs is 3. The molecular weight excluding hydrogens is 544 g/mol. The summed E-state index contributed by atoms with van der Waals surface area (Å²) in [6.07, 6.45) is -0.433. The van der Waals surface area contributed by atoms with Crippen LogP contribution in [0.15, 0.2) is 140 Å². The highest BCUT2D eigenvalue weighted by atomic mass is 35.5. The summed E-state index contributed by atoms with van der Waals surface area (Å²) in [5, 5.41) is 0.574. The van der Waals surface area contributed by atoms with Crippen LogP contribution in [0.4, 0.5) is 11.4 Å². The lowest BCUT2D eigenvalue weighted by molar-refractivity contribution is -0.142. The van der Waals surface area contributed by atoms with Crippen molar-refractivity contribution in [3.8, 4) is 5.75 Å². The van der Waals surface area contributed by atoms with Gasteiger partial charge in [0.25, 0.3) is 11.8 Å². The van der Waals surface area contributed by atoms with Crippen LogP contribution in [0.5, 0.6) is 5.75 Å². The predicted octanol–water partition coefficient (Wildman–Crippen LogP) is 7.82. The molecule has 1 saturated heterocycles. The molecule has 0 spiro atoms. The molecule has 42 heavy (non-hydrogen) atoms. The number of rotatable bonds is 5. The topological polar surface area (TPSA) is 49.9 Å². The molecule has 2 amide bonds. The summed E-state index contributed by atoms with van der Waals surface area (Å²) in [4.78, 5) is 32.3. The minimum atomic E-state index is -0.914. The molecule has 0 aromatic heterocycles. The zero-order valence-corrected chi connectivity index (χ0v) is 23.4. The molecule has 0 bridgehead atoms. The highest BCUT2D eigenvalue weighted by Crippen LogP contribution is 2.57. The second-order valence-electron chi connectivity index (χ2n) is 10.6. The molecule has 5 aromatic rings. The standard InChI is InChI=1S/C36H27ClN2O3/c37-28-18-12-15-26(23-28)32-24-36(27-16-6-2-7-17-27)33(42-29-19-8-3-9-20-29)35(41)39(36)31-22-11-10-21-30(31)38(32)34(40)25-13-4-1-5-14-25/h1-23,32-33H,24H2/t32-,33-,36-/m1/s1. The zero-order chi connectivity index (χ0) is 28.7. The molecule has 0 unspecified atom stereocenters. The number of hydrogen-bond donors (Lipinski definition) is 0. The van der Waals surface area contributed by atoms with Gasteiger partial charge in [0.2, 0.25) is 6.10 Å². The van der Waals surface area contributed by atoms with Crippen LogP contribution in [0.3, 0.4) is 0 Å². The first-order valence-electron chi connectivity index (χ1n) is 13.9. The first kappa shape index (κ1) is 26.1. The van der Waals surface area contributed by atoms with Gasteiger partial charge in [0.15, 0.2) is 0 Å². The Hall–Kier alpha value is -4.87. The van der Waals surface area contributed by atoms with Crippen LogP contribution in [0.25, 0.3) is 0 Å². The first-order valence-corrected chi connectivity index (χ1v) is 14.3. The zero-order valence-electron chi connectivity index (χ0n) is 22.6. The van der Waals surface area contributed by atoms with Gasteiger partial charge in [0, 0.05) is 17.0 Å². The van der Waals surface area contributed by atoms with Crippen LogP contribution < -0.4 is 14.5 Å². The van der Waals surface area contributed by atoms with Crippen molar-refractivity contribution in [1.29, 1.82) is 0 Å². The van der Waals surface area contributed by atoms with E-state index >= 15 is 0 Å². The molecule has 0 aliphatic carbocycles. The summed E-state index contributed by atoms with van der Waals surface area (Å²) >= 11 is 6.55. The molecule has 0 saturated carbocycles. The van der Waals surface area contributed by atoms with Crippen molar-refractivity contribution in [2.24, 2.45) is 0 Å². The molecule has 5 aromatic carbocycles. The number of β-lactam (4-membered cyclic amide) rings is 1. The summed E-state index contributed by atoms with van der Waals surface area (Å²) in [6, 6.07) is 43.4. The quantitative estimate of drug-likeness (QED) is 0.202. The summed E-state index contributed by atoms with van der Waals surface area (Å²) < 4.78 is 6.53. The van der Waals surface area contributed by atoms with E-state index in [0.29, 0.717) is 34.1 Å². The van der Waals surface area contributed by atoms with E-state index in [-0.39, 0.29) is 11.8 Å². The summed E-state index contributed by atoms with van der Waals surface area (Å²) in [7, 11) is 0. The number of ether oxygens (including phenoxy) is 1. The Bertz CT molecular complexity index is 1760. The Morgan fingerprint density at radius 1 is 0.738 bits per heavy atom. The van der Waals surface area contributed by atoms with Gasteiger partial charge < -0.3 is 4.74 Å². The van der Waals surface area contributed by atoms with E-state index in [1.165, 1.54) is 0 Å². The molecule has 2 aliphatic heterocycles. The average molecular weight is 571 g/mol. The fourth-order valence-corrected chi connectivity index (χ4v) is 6.57. The summed E-state index contributed by atoms with van der Waals surface area (Å²) in [5.41, 5.74) is 2.76. The third kappa shape index (κ3) is 4.16. The maximum atomic E-state index is 14.5. The normalized spacial score (nSPS) is 21.0. The van der Waals surface area contributed by atoms with Crippen molar-refractivity contribution >= 4 is 34.8 Å². The number of anilines is 2. The van der Waals surface area contributed by atoms with Crippen LogP contribution in [-0.2, 0) is 10.3 Å². The van der Waals surface area contributed by atoms with Gasteiger partial charge in [0.1, 0.15) is 11.3 Å². The van der Waals surface area contributed by atoms with Gasteiger partial charge in [-0.3, -0.25) is 19.4 Å². The summed E-state index contributed by atoms with van der Waals surface area (Å²) in [5.74, 6) is 0.292. The molecule has 3 atom stereocenters. The van der Waals surface area contributed by atoms with Crippen molar-refractivity contribution < 1.29 is 14.3 Å². The molecular formula is C36H27ClN2O3. The number of para-hydroxylation sites is 3. The van der Waals surface area contributed by atoms with E-state index in [1.54, 1.807) is 0 Å². The molecule has 2 heterocycles. The van der Waals surface area contributed by atoms with Crippen molar-refractivity contribution in [3.05, 3.63) is 161 Å². The predicted molar refractivity (Wildman–Crippen MR) is 165 cm³/mol. The Kier molecular flexibility index (Phi) is 6.52. The number of benzene rings is 5. The second-order valence-corrected chi connectivity index (χ2v) is 11.0. The van der Waals surface area contributed by atoms with Crippen molar-refractivity contribution in [1.82, 2.24) is 0 Å². The molecule has 206 valence electrons. The fraction of sp³-hybridized carbons (Fsp3) is 0.111. The molecule has 2 aliphatic rings. The highest BCUT2D eigenvalue weighted by Gasteiger charge is 2.66. The average Bonchev–Trinajstić information content (AvgIpc) is 3.16. The third-order valence-corrected chi connectivity index (χ3v) is 8.45. The summed E-state index contributed by atoms with van der Waals surface area (Å²) in [6.45, 7) is 0. The molecule has 7 rings (SSSR count). The van der Waals surface area contributed by atoms with Gasteiger partial charge in [0.05, 0.1) is 17.4 Å². The Morgan fingerprint density at radius 2 is 1.36 bits per heavy atom. The van der Waals surface area contributed by atoms with Crippen LogP contribution >= 0.6 is 11.6 Å². The lowest BCUT2D eigenvalue weighted by Gasteiger charge is -2.56. The lowest BCUT2D eigenvalue weighted by Crippen LogP contribution is -2.74. The molecule has 0 radical (unpaired) electrons. The van der Waals surface area contributed by atoms with E-state index < -0.39 is 17.7 Å². The van der Waals surface area contributed by atoms with E-state index in [0.717, 1.165) is 11.1 Å². The maximum absolute atomic E-state index is 14.5. The van der Waals surface area contributed by atoms with E-state index in [2.05, 4.69) is 0 Å². The van der Waals surface area contributed by atoms with Gasteiger partial charge in [-0.1, -0.05) is 103 Å². The smallest absolute Gasteiger partial charge is 0.271 e. The van der Waals surface area contributed by atoms with Gasteiger partial charge in [-0.15, -0.1) is 0 Å². The minimum Gasteiger partial charge on any atom is -0.478 e.